The third-order valence-corrected chi connectivity index (χ3v) is 6.85. The molecule has 0 aliphatic carbocycles. The van der Waals surface area contributed by atoms with Crippen molar-refractivity contribution in [2.24, 2.45) is 0 Å². The number of benzene rings is 2. The van der Waals surface area contributed by atoms with Crippen LogP contribution in [0.1, 0.15) is 29.0 Å². The third kappa shape index (κ3) is 4.98. The van der Waals surface area contributed by atoms with Crippen LogP contribution in [0.2, 0.25) is 0 Å². The molecule has 1 N–H and O–H groups in total. The standard InChI is InChI=1S/C25H18F4N4O2S/c26-16-2-6-22(31-13-16)21-11-15(25(27,28)29)1-4-18(21)19-8-10-35-23-12-17(3-5-20(19)23)36(34)33-24-7-9-30-14-32-24/h1-7,9,11-14,19H,8,10H2,(H,30,32,33). The molecule has 0 radical (unpaired) electrons. The lowest BCUT2D eigenvalue weighted by atomic mass is 9.83. The van der Waals surface area contributed by atoms with Crippen molar-refractivity contribution in [3.05, 3.63) is 95.8 Å². The third-order valence-electron chi connectivity index (χ3n) is 5.78. The fourth-order valence-electron chi connectivity index (χ4n) is 4.11. The molecule has 2 aromatic carbocycles. The number of ether oxygens (including phenoxy) is 1. The average molecular weight is 515 g/mol. The Labute approximate surface area is 206 Å². The molecule has 184 valence electrons. The normalized spacial score (nSPS) is 16.1. The van der Waals surface area contributed by atoms with E-state index in [4.69, 9.17) is 4.74 Å². The van der Waals surface area contributed by atoms with Gasteiger partial charge in [0.05, 0.1) is 24.1 Å². The lowest BCUT2D eigenvalue weighted by molar-refractivity contribution is -0.137. The second-order valence-corrected chi connectivity index (χ2v) is 9.23. The van der Waals surface area contributed by atoms with Gasteiger partial charge in [0, 0.05) is 35.4 Å². The molecule has 1 aliphatic rings. The average Bonchev–Trinajstić information content (AvgIpc) is 2.88. The number of alkyl halides is 3. The molecule has 5 rings (SSSR count). The van der Waals surface area contributed by atoms with Crippen LogP contribution in [0, 0.1) is 5.82 Å². The first-order valence-corrected chi connectivity index (χ1v) is 12.0. The van der Waals surface area contributed by atoms with Crippen LogP contribution in [0.15, 0.2) is 78.2 Å². The zero-order valence-corrected chi connectivity index (χ0v) is 19.3. The van der Waals surface area contributed by atoms with Crippen LogP contribution < -0.4 is 9.46 Å². The van der Waals surface area contributed by atoms with Crippen molar-refractivity contribution in [1.82, 2.24) is 15.0 Å². The predicted octanol–water partition coefficient (Wildman–Crippen LogP) is 5.75. The Bertz CT molecular complexity index is 1370. The van der Waals surface area contributed by atoms with Crippen molar-refractivity contribution >= 4 is 17.2 Å². The summed E-state index contributed by atoms with van der Waals surface area (Å²) >= 11 is -1.63. The molecule has 1 aliphatic heterocycles. The molecule has 11 heteroatoms. The molecule has 2 aromatic heterocycles. The van der Waals surface area contributed by atoms with Crippen molar-refractivity contribution < 1.29 is 26.9 Å². The first kappa shape index (κ1) is 24.0. The number of hydrogen-bond donors (Lipinski definition) is 1. The zero-order chi connectivity index (χ0) is 25.3. The van der Waals surface area contributed by atoms with E-state index in [-0.39, 0.29) is 17.2 Å². The van der Waals surface area contributed by atoms with E-state index in [9.17, 15) is 22.1 Å². The molecule has 6 nitrogen and oxygen atoms in total. The van der Waals surface area contributed by atoms with Gasteiger partial charge in [0.15, 0.2) is 10.7 Å². The van der Waals surface area contributed by atoms with E-state index in [2.05, 4.69) is 19.7 Å². The van der Waals surface area contributed by atoms with Crippen molar-refractivity contribution in [1.29, 1.82) is 0 Å². The van der Waals surface area contributed by atoms with E-state index in [1.165, 1.54) is 24.7 Å². The first-order chi connectivity index (χ1) is 17.3. The van der Waals surface area contributed by atoms with Gasteiger partial charge in [0.1, 0.15) is 29.3 Å². The molecule has 36 heavy (non-hydrogen) atoms. The van der Waals surface area contributed by atoms with E-state index in [0.717, 1.165) is 30.0 Å². The Kier molecular flexibility index (Phi) is 6.50. The fourth-order valence-corrected chi connectivity index (χ4v) is 4.94. The lowest BCUT2D eigenvalue weighted by Gasteiger charge is -2.28. The topological polar surface area (TPSA) is 83.0 Å². The molecule has 0 bridgehead atoms. The van der Waals surface area contributed by atoms with Gasteiger partial charge in [-0.25, -0.2) is 14.4 Å². The Balaban J connectivity index is 1.52. The van der Waals surface area contributed by atoms with Gasteiger partial charge < -0.3 is 9.29 Å². The highest BCUT2D eigenvalue weighted by Crippen LogP contribution is 2.44. The van der Waals surface area contributed by atoms with Crippen LogP contribution in [-0.4, -0.2) is 26.1 Å². The second-order valence-electron chi connectivity index (χ2n) is 8.02. The van der Waals surface area contributed by atoms with Crippen LogP contribution in [0.5, 0.6) is 5.75 Å². The highest BCUT2D eigenvalue weighted by molar-refractivity contribution is 7.92. The van der Waals surface area contributed by atoms with Crippen LogP contribution in [-0.2, 0) is 17.5 Å². The molecule has 2 unspecified atom stereocenters. The summed E-state index contributed by atoms with van der Waals surface area (Å²) in [4.78, 5) is 12.3. The first-order valence-electron chi connectivity index (χ1n) is 10.8. The molecular weight excluding hydrogens is 496 g/mol. The van der Waals surface area contributed by atoms with E-state index < -0.39 is 28.9 Å². The monoisotopic (exact) mass is 514 g/mol. The fraction of sp³-hybridized carbons (Fsp3) is 0.160. The zero-order valence-electron chi connectivity index (χ0n) is 18.5. The SMILES string of the molecule is [O-][S+](Nc1ccncn1)c1ccc2c(c1)OCCC2c1ccc(C(F)(F)F)cc1-c1ccc(F)cn1. The van der Waals surface area contributed by atoms with Gasteiger partial charge in [0.2, 0.25) is 0 Å². The molecule has 0 saturated heterocycles. The summed E-state index contributed by atoms with van der Waals surface area (Å²) in [6.07, 6.45) is -0.212. The van der Waals surface area contributed by atoms with E-state index in [1.54, 1.807) is 24.3 Å². The molecule has 0 spiro atoms. The highest BCUT2D eigenvalue weighted by Gasteiger charge is 2.33. The summed E-state index contributed by atoms with van der Waals surface area (Å²) in [5.74, 6) is -0.0180. The number of halogens is 4. The smallest absolute Gasteiger partial charge is 0.416 e. The summed E-state index contributed by atoms with van der Waals surface area (Å²) < 4.78 is 75.3. The Morgan fingerprint density at radius 1 is 1.00 bits per heavy atom. The molecular formula is C25H18F4N4O2S. The predicted molar refractivity (Wildman–Crippen MR) is 125 cm³/mol. The quantitative estimate of drug-likeness (QED) is 0.270. The van der Waals surface area contributed by atoms with Crippen molar-refractivity contribution in [3.8, 4) is 17.0 Å². The highest BCUT2D eigenvalue weighted by atomic mass is 32.2. The largest absolute Gasteiger partial charge is 0.588 e. The molecule has 4 aromatic rings. The van der Waals surface area contributed by atoms with E-state index >= 15 is 0 Å². The maximum Gasteiger partial charge on any atom is 0.416 e. The number of nitrogens with zero attached hydrogens (tertiary/aromatic N) is 3. The Hall–Kier alpha value is -3.70. The second kappa shape index (κ2) is 9.75. The maximum absolute atomic E-state index is 13.5. The Morgan fingerprint density at radius 2 is 1.83 bits per heavy atom. The lowest BCUT2D eigenvalue weighted by Crippen LogP contribution is -2.19. The number of aromatic nitrogens is 3. The van der Waals surface area contributed by atoms with Gasteiger partial charge >= 0.3 is 6.18 Å². The number of fused-ring (bicyclic) bond motifs is 1. The summed E-state index contributed by atoms with van der Waals surface area (Å²) in [5, 5.41) is 0. The number of nitrogens with one attached hydrogen (secondary N) is 1. The van der Waals surface area contributed by atoms with Crippen molar-refractivity contribution in [2.45, 2.75) is 23.4 Å². The minimum Gasteiger partial charge on any atom is -0.588 e. The minimum absolute atomic E-state index is 0.234. The summed E-state index contributed by atoms with van der Waals surface area (Å²) in [5.41, 5.74) is 1.03. The number of anilines is 1. The van der Waals surface area contributed by atoms with Crippen LogP contribution in [0.25, 0.3) is 11.3 Å². The summed E-state index contributed by atoms with van der Waals surface area (Å²) in [7, 11) is 0. The molecule has 0 fully saturated rings. The van der Waals surface area contributed by atoms with Crippen LogP contribution in [0.4, 0.5) is 23.4 Å². The maximum atomic E-state index is 13.5. The van der Waals surface area contributed by atoms with Gasteiger partial charge in [-0.3, -0.25) is 4.98 Å². The summed E-state index contributed by atoms with van der Waals surface area (Å²) in [6.45, 7) is 0.310. The minimum atomic E-state index is -4.55. The van der Waals surface area contributed by atoms with Crippen molar-refractivity contribution in [2.75, 3.05) is 11.3 Å². The Morgan fingerprint density at radius 3 is 2.56 bits per heavy atom. The molecule has 0 saturated carbocycles. The molecule has 3 heterocycles. The van der Waals surface area contributed by atoms with Gasteiger partial charge in [-0.15, -0.1) is 0 Å². The van der Waals surface area contributed by atoms with Gasteiger partial charge in [-0.1, -0.05) is 6.07 Å². The molecule has 0 amide bonds. The van der Waals surface area contributed by atoms with Crippen LogP contribution in [0.3, 0.4) is 0 Å². The van der Waals surface area contributed by atoms with Gasteiger partial charge in [0.25, 0.3) is 0 Å². The van der Waals surface area contributed by atoms with Crippen LogP contribution >= 0.6 is 0 Å². The van der Waals surface area contributed by atoms with E-state index in [1.807, 2.05) is 0 Å². The number of hydrogen-bond acceptors (Lipinski definition) is 6. The number of pyridine rings is 1. The molecule has 2 atom stereocenters. The van der Waals surface area contributed by atoms with Gasteiger partial charge in [-0.2, -0.15) is 17.9 Å². The summed E-state index contributed by atoms with van der Waals surface area (Å²) in [6, 6.07) is 12.7. The van der Waals surface area contributed by atoms with Crippen molar-refractivity contribution in [3.63, 3.8) is 0 Å². The van der Waals surface area contributed by atoms with E-state index in [0.29, 0.717) is 35.1 Å². The number of rotatable bonds is 5. The van der Waals surface area contributed by atoms with Gasteiger partial charge in [-0.05, 0) is 48.4 Å².